The van der Waals surface area contributed by atoms with Crippen LogP contribution in [0.25, 0.3) is 0 Å². The summed E-state index contributed by atoms with van der Waals surface area (Å²) in [7, 11) is 0. The third kappa shape index (κ3) is 5.45. The Morgan fingerprint density at radius 3 is 2.90 bits per heavy atom. The minimum atomic E-state index is -2.89. The number of hydrogen-bond acceptors (Lipinski definition) is 4. The third-order valence-corrected chi connectivity index (χ3v) is 2.88. The highest BCUT2D eigenvalue weighted by atomic mass is 35.5. The van der Waals surface area contributed by atoms with Crippen LogP contribution < -0.4 is 15.4 Å². The lowest BCUT2D eigenvalue weighted by molar-refractivity contribution is -0.126. The summed E-state index contributed by atoms with van der Waals surface area (Å²) in [6, 6.07) is 5.95. The lowest BCUT2D eigenvalue weighted by atomic mass is 10.2. The molecule has 1 fully saturated rings. The SMILES string of the molecule is Cl.O=C(NCc1ccccc1OC(F)F)C1COCCN1. The number of hydrogen-bond donors (Lipinski definition) is 2. The van der Waals surface area contributed by atoms with Crippen molar-refractivity contribution in [2.45, 2.75) is 19.2 Å². The topological polar surface area (TPSA) is 59.6 Å². The van der Waals surface area contributed by atoms with Crippen LogP contribution in [0.2, 0.25) is 0 Å². The summed E-state index contributed by atoms with van der Waals surface area (Å²) < 4.78 is 34.1. The Labute approximate surface area is 127 Å². The van der Waals surface area contributed by atoms with Gasteiger partial charge in [0, 0.05) is 18.7 Å². The number of halogens is 3. The Balaban J connectivity index is 0.00000220. The van der Waals surface area contributed by atoms with Gasteiger partial charge in [0.1, 0.15) is 11.8 Å². The summed E-state index contributed by atoms with van der Waals surface area (Å²) >= 11 is 0. The standard InChI is InChI=1S/C13H16F2N2O3.ClH/c14-13(15)20-11-4-2-1-3-9(11)7-17-12(18)10-8-19-6-5-16-10;/h1-4,10,13,16H,5-8H2,(H,17,18);1H. The maximum Gasteiger partial charge on any atom is 0.387 e. The molecule has 5 nitrogen and oxygen atoms in total. The van der Waals surface area contributed by atoms with Crippen molar-refractivity contribution in [3.8, 4) is 5.75 Å². The number of benzene rings is 1. The van der Waals surface area contributed by atoms with Crippen molar-refractivity contribution in [1.29, 1.82) is 0 Å². The molecule has 0 bridgehead atoms. The van der Waals surface area contributed by atoms with E-state index in [0.29, 0.717) is 25.3 Å². The zero-order valence-corrected chi connectivity index (χ0v) is 12.0. The predicted molar refractivity (Wildman–Crippen MR) is 74.8 cm³/mol. The van der Waals surface area contributed by atoms with E-state index >= 15 is 0 Å². The van der Waals surface area contributed by atoms with Crippen LogP contribution in [0.15, 0.2) is 24.3 Å². The van der Waals surface area contributed by atoms with Crippen molar-refractivity contribution in [3.05, 3.63) is 29.8 Å². The predicted octanol–water partition coefficient (Wildman–Crippen LogP) is 1.31. The van der Waals surface area contributed by atoms with Crippen molar-refractivity contribution in [2.75, 3.05) is 19.8 Å². The zero-order valence-electron chi connectivity index (χ0n) is 11.2. The van der Waals surface area contributed by atoms with Crippen LogP contribution in [0.4, 0.5) is 8.78 Å². The van der Waals surface area contributed by atoms with Crippen LogP contribution in [-0.4, -0.2) is 38.3 Å². The van der Waals surface area contributed by atoms with E-state index in [4.69, 9.17) is 4.74 Å². The highest BCUT2D eigenvalue weighted by Crippen LogP contribution is 2.19. The maximum atomic E-state index is 12.3. The lowest BCUT2D eigenvalue weighted by Gasteiger charge is -2.23. The number of alkyl halides is 2. The van der Waals surface area contributed by atoms with Gasteiger partial charge in [0.05, 0.1) is 13.2 Å². The number of amides is 1. The third-order valence-electron chi connectivity index (χ3n) is 2.88. The molecule has 8 heteroatoms. The molecule has 0 saturated carbocycles. The quantitative estimate of drug-likeness (QED) is 0.858. The fourth-order valence-electron chi connectivity index (χ4n) is 1.90. The molecule has 21 heavy (non-hydrogen) atoms. The second kappa shape index (κ2) is 8.76. The molecule has 1 unspecified atom stereocenters. The van der Waals surface area contributed by atoms with E-state index in [1.807, 2.05) is 0 Å². The van der Waals surface area contributed by atoms with E-state index in [0.717, 1.165) is 0 Å². The molecule has 1 amide bonds. The minimum absolute atomic E-state index is 0. The molecule has 0 aliphatic carbocycles. The summed E-state index contributed by atoms with van der Waals surface area (Å²) in [5, 5.41) is 5.69. The number of morpholine rings is 1. The van der Waals surface area contributed by atoms with Crippen molar-refractivity contribution in [2.24, 2.45) is 0 Å². The van der Waals surface area contributed by atoms with Crippen molar-refractivity contribution in [3.63, 3.8) is 0 Å². The Morgan fingerprint density at radius 1 is 1.48 bits per heavy atom. The summed E-state index contributed by atoms with van der Waals surface area (Å²) in [4.78, 5) is 11.9. The number of nitrogens with one attached hydrogen (secondary N) is 2. The van der Waals surface area contributed by atoms with Crippen LogP contribution in [0.3, 0.4) is 0 Å². The van der Waals surface area contributed by atoms with Crippen LogP contribution in [0.5, 0.6) is 5.75 Å². The molecule has 1 saturated heterocycles. The molecule has 0 radical (unpaired) electrons. The second-order valence-corrected chi connectivity index (χ2v) is 4.29. The molecular formula is C13H17ClF2N2O3. The van der Waals surface area contributed by atoms with Crippen LogP contribution in [0.1, 0.15) is 5.56 Å². The highest BCUT2D eigenvalue weighted by molar-refractivity contribution is 5.85. The van der Waals surface area contributed by atoms with E-state index in [-0.39, 0.29) is 30.6 Å². The zero-order chi connectivity index (χ0) is 14.4. The first kappa shape index (κ1) is 17.6. The highest BCUT2D eigenvalue weighted by Gasteiger charge is 2.21. The van der Waals surface area contributed by atoms with Gasteiger partial charge in [0.25, 0.3) is 0 Å². The lowest BCUT2D eigenvalue weighted by Crippen LogP contribution is -2.51. The van der Waals surface area contributed by atoms with Gasteiger partial charge in [-0.3, -0.25) is 4.79 Å². The first-order valence-corrected chi connectivity index (χ1v) is 6.28. The van der Waals surface area contributed by atoms with Gasteiger partial charge in [0.15, 0.2) is 0 Å². The Kier molecular flexibility index (Phi) is 7.35. The summed E-state index contributed by atoms with van der Waals surface area (Å²) in [5.41, 5.74) is 0.498. The average Bonchev–Trinajstić information content (AvgIpc) is 2.46. The summed E-state index contributed by atoms with van der Waals surface area (Å²) in [5.74, 6) is -0.160. The molecule has 1 aliphatic rings. The van der Waals surface area contributed by atoms with Crippen molar-refractivity contribution in [1.82, 2.24) is 10.6 Å². The van der Waals surface area contributed by atoms with E-state index in [9.17, 15) is 13.6 Å². The number of carbonyl (C=O) groups is 1. The smallest absolute Gasteiger partial charge is 0.387 e. The van der Waals surface area contributed by atoms with Crippen LogP contribution in [0, 0.1) is 0 Å². The van der Waals surface area contributed by atoms with Gasteiger partial charge in [-0.15, -0.1) is 12.4 Å². The van der Waals surface area contributed by atoms with Gasteiger partial charge in [-0.1, -0.05) is 18.2 Å². The Bertz CT molecular complexity index is 457. The molecule has 1 aliphatic heterocycles. The van der Waals surface area contributed by atoms with Gasteiger partial charge in [-0.25, -0.2) is 0 Å². The molecule has 1 heterocycles. The van der Waals surface area contributed by atoms with Gasteiger partial charge >= 0.3 is 6.61 Å². The van der Waals surface area contributed by atoms with E-state index in [1.165, 1.54) is 6.07 Å². The molecule has 2 rings (SSSR count). The van der Waals surface area contributed by atoms with Crippen molar-refractivity contribution >= 4 is 18.3 Å². The molecule has 1 atom stereocenters. The number of carbonyl (C=O) groups excluding carboxylic acids is 1. The molecular weight excluding hydrogens is 306 g/mol. The first-order valence-electron chi connectivity index (χ1n) is 6.28. The summed E-state index contributed by atoms with van der Waals surface area (Å²) in [6.45, 7) is -1.26. The molecule has 1 aromatic rings. The molecule has 118 valence electrons. The average molecular weight is 323 g/mol. The normalized spacial score (nSPS) is 18.0. The largest absolute Gasteiger partial charge is 0.434 e. The van der Waals surface area contributed by atoms with E-state index in [1.54, 1.807) is 18.2 Å². The molecule has 0 aromatic heterocycles. The number of para-hydroxylation sites is 1. The first-order chi connectivity index (χ1) is 9.66. The molecule has 0 spiro atoms. The van der Waals surface area contributed by atoms with Gasteiger partial charge < -0.3 is 20.1 Å². The Morgan fingerprint density at radius 2 is 2.24 bits per heavy atom. The van der Waals surface area contributed by atoms with Crippen LogP contribution >= 0.6 is 12.4 Å². The fourth-order valence-corrected chi connectivity index (χ4v) is 1.90. The van der Waals surface area contributed by atoms with Gasteiger partial charge in [0.2, 0.25) is 5.91 Å². The second-order valence-electron chi connectivity index (χ2n) is 4.29. The van der Waals surface area contributed by atoms with Crippen molar-refractivity contribution < 1.29 is 23.0 Å². The van der Waals surface area contributed by atoms with Gasteiger partial charge in [-0.05, 0) is 6.07 Å². The van der Waals surface area contributed by atoms with Crippen LogP contribution in [-0.2, 0) is 16.1 Å². The summed E-state index contributed by atoms with van der Waals surface area (Å²) in [6.07, 6.45) is 0. The molecule has 1 aromatic carbocycles. The maximum absolute atomic E-state index is 12.3. The fraction of sp³-hybridized carbons (Fsp3) is 0.462. The number of rotatable bonds is 5. The Hall–Kier alpha value is -1.44. The monoisotopic (exact) mass is 322 g/mol. The van der Waals surface area contributed by atoms with E-state index < -0.39 is 12.7 Å². The van der Waals surface area contributed by atoms with Gasteiger partial charge in [-0.2, -0.15) is 8.78 Å². The number of ether oxygens (including phenoxy) is 2. The van der Waals surface area contributed by atoms with E-state index in [2.05, 4.69) is 15.4 Å². The minimum Gasteiger partial charge on any atom is -0.434 e. The molecule has 2 N–H and O–H groups in total.